The minimum atomic E-state index is -0.615. The van der Waals surface area contributed by atoms with Crippen LogP contribution in [0, 0.1) is 46.3 Å². The number of ether oxygens (including phenoxy) is 1. The summed E-state index contributed by atoms with van der Waals surface area (Å²) in [4.78, 5) is 16.7. The van der Waals surface area contributed by atoms with E-state index in [2.05, 4.69) is 45.7 Å². The van der Waals surface area contributed by atoms with Crippen molar-refractivity contribution >= 4 is 11.9 Å². The normalized spacial score (nSPS) is 37.2. The summed E-state index contributed by atoms with van der Waals surface area (Å²) in [6.45, 7) is 13.0. The lowest BCUT2D eigenvalue weighted by Crippen LogP contribution is -2.51. The van der Waals surface area contributed by atoms with Crippen molar-refractivity contribution in [1.82, 2.24) is 0 Å². The van der Waals surface area contributed by atoms with Gasteiger partial charge in [0.25, 0.3) is 0 Å². The Morgan fingerprint density at radius 3 is 2.51 bits per heavy atom. The molecule has 222 valence electrons. The average molecular weight is 543 g/mol. The predicted octanol–water partition coefficient (Wildman–Crippen LogP) is 6.32. The van der Waals surface area contributed by atoms with Crippen molar-refractivity contribution in [2.75, 3.05) is 6.54 Å². The number of hydrogen-bond donors (Lipinski definition) is 3. The highest BCUT2D eigenvalue weighted by Gasteiger charge is 2.59. The maximum atomic E-state index is 12.7. The molecular formula is C33H58N4O2. The Morgan fingerprint density at radius 2 is 1.79 bits per heavy atom. The van der Waals surface area contributed by atoms with Gasteiger partial charge in [0, 0.05) is 13.0 Å². The Hall–Kier alpha value is -1.56. The van der Waals surface area contributed by atoms with Crippen molar-refractivity contribution in [2.45, 2.75) is 130 Å². The van der Waals surface area contributed by atoms with E-state index in [9.17, 15) is 4.79 Å². The number of hydrogen-bond acceptors (Lipinski definition) is 4. The first kappa shape index (κ1) is 30.4. The zero-order valence-corrected chi connectivity index (χ0v) is 25.6. The molecule has 0 saturated heterocycles. The fourth-order valence-corrected chi connectivity index (χ4v) is 9.64. The molecule has 6 nitrogen and oxygen atoms in total. The van der Waals surface area contributed by atoms with Crippen molar-refractivity contribution in [1.29, 1.82) is 0 Å². The van der Waals surface area contributed by atoms with Gasteiger partial charge in [-0.25, -0.2) is 0 Å². The molecule has 0 amide bonds. The Balaban J connectivity index is 1.35. The highest BCUT2D eigenvalue weighted by molar-refractivity contribution is 5.76. The Labute approximate surface area is 238 Å². The fourth-order valence-electron chi connectivity index (χ4n) is 9.64. The van der Waals surface area contributed by atoms with Crippen LogP contribution in [0.4, 0.5) is 0 Å². The molecular weight excluding hydrogens is 484 g/mol. The van der Waals surface area contributed by atoms with Crippen LogP contribution in [0.15, 0.2) is 16.6 Å². The van der Waals surface area contributed by atoms with Gasteiger partial charge in [0.15, 0.2) is 5.96 Å². The van der Waals surface area contributed by atoms with Gasteiger partial charge in [0.05, 0.1) is 0 Å². The van der Waals surface area contributed by atoms with Gasteiger partial charge in [-0.3, -0.25) is 9.79 Å². The molecule has 6 heteroatoms. The zero-order chi connectivity index (χ0) is 28.4. The molecule has 39 heavy (non-hydrogen) atoms. The summed E-state index contributed by atoms with van der Waals surface area (Å²) in [5.74, 6) is 4.83. The van der Waals surface area contributed by atoms with Gasteiger partial charge in [-0.15, -0.1) is 0 Å². The van der Waals surface area contributed by atoms with E-state index in [4.69, 9.17) is 21.9 Å². The smallest absolute Gasteiger partial charge is 0.323 e. The van der Waals surface area contributed by atoms with Crippen LogP contribution in [-0.4, -0.2) is 30.6 Å². The lowest BCUT2D eigenvalue weighted by molar-refractivity contribution is -0.153. The molecule has 3 saturated carbocycles. The lowest BCUT2D eigenvalue weighted by atomic mass is 9.47. The first-order valence-electron chi connectivity index (χ1n) is 16.2. The summed E-state index contributed by atoms with van der Waals surface area (Å²) in [5.41, 5.74) is 19.2. The molecule has 0 aliphatic heterocycles. The summed E-state index contributed by atoms with van der Waals surface area (Å²) < 4.78 is 5.94. The molecule has 4 aliphatic carbocycles. The van der Waals surface area contributed by atoms with Crippen molar-refractivity contribution in [2.24, 2.45) is 68.5 Å². The molecule has 9 atom stereocenters. The molecule has 6 N–H and O–H groups in total. The number of allylic oxidation sites excluding steroid dienone is 1. The van der Waals surface area contributed by atoms with Crippen molar-refractivity contribution in [3.8, 4) is 0 Å². The van der Waals surface area contributed by atoms with Crippen LogP contribution in [0.1, 0.15) is 118 Å². The van der Waals surface area contributed by atoms with Gasteiger partial charge >= 0.3 is 5.97 Å². The average Bonchev–Trinajstić information content (AvgIpc) is 3.23. The maximum absolute atomic E-state index is 12.7. The molecule has 0 radical (unpaired) electrons. The number of esters is 1. The Morgan fingerprint density at radius 1 is 1.03 bits per heavy atom. The number of nitrogens with two attached hydrogens (primary N) is 3. The van der Waals surface area contributed by atoms with E-state index < -0.39 is 6.04 Å². The molecule has 0 aromatic carbocycles. The zero-order valence-electron chi connectivity index (χ0n) is 25.6. The molecule has 0 aromatic rings. The fraction of sp³-hybridized carbons (Fsp3) is 0.879. The summed E-state index contributed by atoms with van der Waals surface area (Å²) in [6, 6.07) is -0.615. The molecule has 0 spiro atoms. The number of fused-ring (bicyclic) bond motifs is 5. The van der Waals surface area contributed by atoms with Crippen molar-refractivity contribution in [3.05, 3.63) is 11.6 Å². The third-order valence-corrected chi connectivity index (χ3v) is 11.8. The van der Waals surface area contributed by atoms with Crippen LogP contribution in [0.3, 0.4) is 0 Å². The largest absolute Gasteiger partial charge is 0.461 e. The second-order valence-electron chi connectivity index (χ2n) is 14.6. The minimum absolute atomic E-state index is 0.0476. The lowest BCUT2D eigenvalue weighted by Gasteiger charge is -2.58. The first-order chi connectivity index (χ1) is 18.5. The standard InChI is InChI=1S/C33H58N4O2/c1-21(2)8-6-9-22(3)26-13-14-27-25-12-11-23-20-24(39-30(38)29(34)10-7-19-37-31(35)36)15-17-32(23,4)28(25)16-18-33(26,27)5/h11,21-22,24-29H,6-10,12-20,34H2,1-5H3,(H4,35,36,37)/t22-,24?,25+,26-,27+,28+,29+,32+,33-/m1/s1. The van der Waals surface area contributed by atoms with E-state index in [1.165, 1.54) is 51.4 Å². The molecule has 0 aromatic heterocycles. The topological polar surface area (TPSA) is 117 Å². The SMILES string of the molecule is CC(C)CCC[C@@H](C)[C@H]1CC[C@H]2[C@@H]3CC=C4CC(OC(=O)[C@@H](N)CCCN=C(N)N)CC[C@]4(C)[C@H]3CC[C@]12C. The summed E-state index contributed by atoms with van der Waals surface area (Å²) in [7, 11) is 0. The van der Waals surface area contributed by atoms with E-state index in [1.807, 2.05) is 0 Å². The molecule has 0 heterocycles. The van der Waals surface area contributed by atoms with Crippen molar-refractivity contribution in [3.63, 3.8) is 0 Å². The number of carbonyl (C=O) groups is 1. The number of guanidine groups is 1. The van der Waals surface area contributed by atoms with Crippen LogP contribution in [0.25, 0.3) is 0 Å². The maximum Gasteiger partial charge on any atom is 0.323 e. The molecule has 3 fully saturated rings. The Kier molecular flexibility index (Phi) is 9.77. The second kappa shape index (κ2) is 12.5. The van der Waals surface area contributed by atoms with Crippen LogP contribution in [-0.2, 0) is 9.53 Å². The van der Waals surface area contributed by atoms with Crippen LogP contribution >= 0.6 is 0 Å². The van der Waals surface area contributed by atoms with E-state index in [1.54, 1.807) is 5.57 Å². The van der Waals surface area contributed by atoms with Gasteiger partial charge in [0.1, 0.15) is 12.1 Å². The van der Waals surface area contributed by atoms with Crippen LogP contribution < -0.4 is 17.2 Å². The highest BCUT2D eigenvalue weighted by Crippen LogP contribution is 2.67. The molecule has 0 bridgehead atoms. The summed E-state index contributed by atoms with van der Waals surface area (Å²) in [6.07, 6.45) is 17.7. The summed E-state index contributed by atoms with van der Waals surface area (Å²) >= 11 is 0. The molecule has 1 unspecified atom stereocenters. The van der Waals surface area contributed by atoms with E-state index in [0.717, 1.165) is 54.8 Å². The monoisotopic (exact) mass is 542 g/mol. The predicted molar refractivity (Wildman–Crippen MR) is 161 cm³/mol. The first-order valence-corrected chi connectivity index (χ1v) is 16.2. The van der Waals surface area contributed by atoms with E-state index >= 15 is 0 Å². The summed E-state index contributed by atoms with van der Waals surface area (Å²) in [5, 5.41) is 0. The third kappa shape index (κ3) is 6.52. The minimum Gasteiger partial charge on any atom is -0.461 e. The van der Waals surface area contributed by atoms with Gasteiger partial charge in [-0.1, -0.05) is 65.5 Å². The van der Waals surface area contributed by atoms with Gasteiger partial charge in [0.2, 0.25) is 0 Å². The highest BCUT2D eigenvalue weighted by atomic mass is 16.5. The molecule has 4 aliphatic rings. The quantitative estimate of drug-likeness (QED) is 0.0928. The molecule has 4 rings (SSSR count). The number of carbonyl (C=O) groups excluding carboxylic acids is 1. The Bertz CT molecular complexity index is 911. The third-order valence-electron chi connectivity index (χ3n) is 11.8. The number of aliphatic imine (C=N–C) groups is 1. The van der Waals surface area contributed by atoms with Gasteiger partial charge in [-0.05, 0) is 104 Å². The van der Waals surface area contributed by atoms with E-state index in [0.29, 0.717) is 24.8 Å². The van der Waals surface area contributed by atoms with Gasteiger partial charge in [-0.2, -0.15) is 0 Å². The van der Waals surface area contributed by atoms with Gasteiger partial charge < -0.3 is 21.9 Å². The number of nitrogens with zero attached hydrogens (tertiary/aromatic N) is 1. The van der Waals surface area contributed by atoms with Crippen molar-refractivity contribution < 1.29 is 9.53 Å². The van der Waals surface area contributed by atoms with Crippen LogP contribution in [0.2, 0.25) is 0 Å². The number of rotatable bonds is 11. The van der Waals surface area contributed by atoms with Crippen LogP contribution in [0.5, 0.6) is 0 Å². The van der Waals surface area contributed by atoms with E-state index in [-0.39, 0.29) is 23.4 Å². The second-order valence-corrected chi connectivity index (χ2v) is 14.6.